The Morgan fingerprint density at radius 1 is 1.14 bits per heavy atom. The fourth-order valence-corrected chi connectivity index (χ4v) is 3.70. The Labute approximate surface area is 163 Å². The molecule has 0 saturated carbocycles. The average molecular weight is 407 g/mol. The molecule has 0 aliphatic carbocycles. The van der Waals surface area contributed by atoms with Gasteiger partial charge in [0.05, 0.1) is 11.3 Å². The summed E-state index contributed by atoms with van der Waals surface area (Å²) in [6.07, 6.45) is -4.47. The number of halogens is 3. The summed E-state index contributed by atoms with van der Waals surface area (Å²) in [6, 6.07) is 13.2. The lowest BCUT2D eigenvalue weighted by Crippen LogP contribution is -2.31. The van der Waals surface area contributed by atoms with Crippen LogP contribution in [0, 0.1) is 0 Å². The van der Waals surface area contributed by atoms with E-state index in [9.17, 15) is 22.8 Å². The number of amidine groups is 1. The van der Waals surface area contributed by atoms with Crippen molar-refractivity contribution >= 4 is 40.1 Å². The van der Waals surface area contributed by atoms with Gasteiger partial charge in [-0.2, -0.15) is 13.2 Å². The highest BCUT2D eigenvalue weighted by Crippen LogP contribution is 2.33. The molecule has 1 unspecified atom stereocenters. The number of aliphatic imine (C=N–C) groups is 1. The summed E-state index contributed by atoms with van der Waals surface area (Å²) in [4.78, 5) is 30.1. The minimum Gasteiger partial charge on any atom is -0.335 e. The molecule has 9 heteroatoms. The Balaban J connectivity index is 1.72. The summed E-state index contributed by atoms with van der Waals surface area (Å²) >= 11 is 1.02. The van der Waals surface area contributed by atoms with Crippen LogP contribution in [-0.2, 0) is 15.8 Å². The molecule has 2 amide bonds. The van der Waals surface area contributed by atoms with Crippen molar-refractivity contribution in [2.45, 2.75) is 17.8 Å². The van der Waals surface area contributed by atoms with Gasteiger partial charge in [-0.05, 0) is 30.3 Å². The number of alkyl halides is 3. The molecule has 1 aliphatic heterocycles. The maximum atomic E-state index is 12.9. The van der Waals surface area contributed by atoms with Crippen molar-refractivity contribution < 1.29 is 22.8 Å². The summed E-state index contributed by atoms with van der Waals surface area (Å²) in [5.74, 6) is -0.712. The molecule has 1 fully saturated rings. The van der Waals surface area contributed by atoms with Gasteiger partial charge in [0.15, 0.2) is 5.17 Å². The SMILES string of the molecule is CN=C(Nc1cccc(C(F)(F)F)c1)SC1CC(=O)N(c2ccccc2)C1=O. The van der Waals surface area contributed by atoms with Crippen molar-refractivity contribution in [1.29, 1.82) is 0 Å². The molecule has 5 nitrogen and oxygen atoms in total. The standard InChI is InChI=1S/C19H16F3N3O2S/c1-23-18(24-13-7-5-6-12(10-13)19(20,21)22)28-15-11-16(26)25(17(15)27)14-8-3-2-4-9-14/h2-10,15H,11H2,1H3,(H,23,24). The zero-order valence-electron chi connectivity index (χ0n) is 14.7. The van der Waals surface area contributed by atoms with Crippen LogP contribution in [0.15, 0.2) is 59.6 Å². The molecule has 146 valence electrons. The van der Waals surface area contributed by atoms with Gasteiger partial charge >= 0.3 is 6.18 Å². The molecule has 1 saturated heterocycles. The number of nitrogens with zero attached hydrogens (tertiary/aromatic N) is 2. The van der Waals surface area contributed by atoms with Gasteiger partial charge in [-0.25, -0.2) is 4.90 Å². The van der Waals surface area contributed by atoms with Gasteiger partial charge in [-0.15, -0.1) is 0 Å². The van der Waals surface area contributed by atoms with E-state index in [1.807, 2.05) is 0 Å². The van der Waals surface area contributed by atoms with Gasteiger partial charge in [-0.3, -0.25) is 14.6 Å². The monoisotopic (exact) mass is 407 g/mol. The fourth-order valence-electron chi connectivity index (χ4n) is 2.71. The largest absolute Gasteiger partial charge is 0.416 e. The molecular weight excluding hydrogens is 391 g/mol. The predicted octanol–water partition coefficient (Wildman–Crippen LogP) is 4.17. The number of para-hydroxylation sites is 1. The van der Waals surface area contributed by atoms with Crippen LogP contribution in [0.25, 0.3) is 0 Å². The molecule has 0 bridgehead atoms. The van der Waals surface area contributed by atoms with E-state index in [2.05, 4.69) is 10.3 Å². The van der Waals surface area contributed by atoms with Crippen molar-refractivity contribution in [1.82, 2.24) is 0 Å². The van der Waals surface area contributed by atoms with Gasteiger partial charge < -0.3 is 5.32 Å². The highest BCUT2D eigenvalue weighted by atomic mass is 32.2. The lowest BCUT2D eigenvalue weighted by Gasteiger charge is -2.16. The Morgan fingerprint density at radius 3 is 2.50 bits per heavy atom. The minimum atomic E-state index is -4.46. The number of benzene rings is 2. The van der Waals surface area contributed by atoms with Gasteiger partial charge in [0, 0.05) is 19.2 Å². The van der Waals surface area contributed by atoms with Crippen LogP contribution in [0.3, 0.4) is 0 Å². The number of imide groups is 1. The van der Waals surface area contributed by atoms with Gasteiger partial charge in [0.1, 0.15) is 5.25 Å². The molecule has 1 aliphatic rings. The Bertz CT molecular complexity index is 916. The second-order valence-electron chi connectivity index (χ2n) is 5.95. The summed E-state index contributed by atoms with van der Waals surface area (Å²) in [6.45, 7) is 0. The first-order chi connectivity index (χ1) is 13.3. The Hall–Kier alpha value is -2.81. The smallest absolute Gasteiger partial charge is 0.335 e. The van der Waals surface area contributed by atoms with E-state index in [1.54, 1.807) is 30.3 Å². The van der Waals surface area contributed by atoms with Crippen LogP contribution in [0.1, 0.15) is 12.0 Å². The zero-order valence-corrected chi connectivity index (χ0v) is 15.6. The van der Waals surface area contributed by atoms with E-state index in [-0.39, 0.29) is 29.1 Å². The maximum absolute atomic E-state index is 12.9. The van der Waals surface area contributed by atoms with Crippen LogP contribution in [0.4, 0.5) is 24.5 Å². The Kier molecular flexibility index (Phi) is 5.73. The number of anilines is 2. The minimum absolute atomic E-state index is 0.0122. The molecule has 0 aromatic heterocycles. The summed E-state index contributed by atoms with van der Waals surface area (Å²) in [7, 11) is 1.46. The molecular formula is C19H16F3N3O2S. The Morgan fingerprint density at radius 2 is 1.86 bits per heavy atom. The van der Waals surface area contributed by atoms with Crippen LogP contribution in [-0.4, -0.2) is 29.3 Å². The molecule has 2 aromatic carbocycles. The number of nitrogens with one attached hydrogen (secondary N) is 1. The fraction of sp³-hybridized carbons (Fsp3) is 0.211. The van der Waals surface area contributed by atoms with Crippen molar-refractivity contribution in [3.05, 3.63) is 60.2 Å². The van der Waals surface area contributed by atoms with Crippen molar-refractivity contribution in [3.63, 3.8) is 0 Å². The first-order valence-corrected chi connectivity index (χ1v) is 9.17. The molecule has 28 heavy (non-hydrogen) atoms. The number of hydrogen-bond donors (Lipinski definition) is 1. The second kappa shape index (κ2) is 8.05. The number of carbonyl (C=O) groups excluding carboxylic acids is 2. The number of amides is 2. The number of thioether (sulfide) groups is 1. The molecule has 1 atom stereocenters. The number of carbonyl (C=O) groups is 2. The van der Waals surface area contributed by atoms with E-state index in [0.29, 0.717) is 5.69 Å². The van der Waals surface area contributed by atoms with Crippen molar-refractivity contribution in [2.75, 3.05) is 17.3 Å². The van der Waals surface area contributed by atoms with Crippen LogP contribution in [0.5, 0.6) is 0 Å². The summed E-state index contributed by atoms with van der Waals surface area (Å²) in [5.41, 5.74) is -0.110. The third kappa shape index (κ3) is 4.36. The first kappa shape index (κ1) is 19.9. The van der Waals surface area contributed by atoms with E-state index in [0.717, 1.165) is 28.8 Å². The third-order valence-electron chi connectivity index (χ3n) is 4.02. The lowest BCUT2D eigenvalue weighted by atomic mass is 10.2. The van der Waals surface area contributed by atoms with Crippen LogP contribution >= 0.6 is 11.8 Å². The van der Waals surface area contributed by atoms with Crippen LogP contribution < -0.4 is 10.2 Å². The molecule has 0 radical (unpaired) electrons. The third-order valence-corrected chi connectivity index (χ3v) is 5.18. The van der Waals surface area contributed by atoms with Crippen LogP contribution in [0.2, 0.25) is 0 Å². The molecule has 0 spiro atoms. The normalized spacial score (nSPS) is 17.9. The van der Waals surface area contributed by atoms with E-state index in [4.69, 9.17) is 0 Å². The van der Waals surface area contributed by atoms with Gasteiger partial charge in [0.25, 0.3) is 0 Å². The van der Waals surface area contributed by atoms with Gasteiger partial charge in [0.2, 0.25) is 11.8 Å². The second-order valence-corrected chi connectivity index (χ2v) is 7.14. The number of rotatable bonds is 3. The van der Waals surface area contributed by atoms with Crippen molar-refractivity contribution in [2.24, 2.45) is 4.99 Å². The zero-order chi connectivity index (χ0) is 20.3. The molecule has 1 N–H and O–H groups in total. The predicted molar refractivity (Wildman–Crippen MR) is 103 cm³/mol. The molecule has 2 aromatic rings. The lowest BCUT2D eigenvalue weighted by molar-refractivity contribution is -0.137. The molecule has 3 rings (SSSR count). The highest BCUT2D eigenvalue weighted by molar-refractivity contribution is 8.15. The highest BCUT2D eigenvalue weighted by Gasteiger charge is 2.40. The maximum Gasteiger partial charge on any atom is 0.416 e. The van der Waals surface area contributed by atoms with Crippen molar-refractivity contribution in [3.8, 4) is 0 Å². The summed E-state index contributed by atoms with van der Waals surface area (Å²) in [5, 5.41) is 2.34. The van der Waals surface area contributed by atoms with E-state index >= 15 is 0 Å². The van der Waals surface area contributed by atoms with E-state index in [1.165, 1.54) is 19.2 Å². The first-order valence-electron chi connectivity index (χ1n) is 8.29. The average Bonchev–Trinajstić information content (AvgIpc) is 2.94. The van der Waals surface area contributed by atoms with E-state index < -0.39 is 17.0 Å². The topological polar surface area (TPSA) is 61.8 Å². The van der Waals surface area contributed by atoms with Gasteiger partial charge in [-0.1, -0.05) is 36.0 Å². The summed E-state index contributed by atoms with van der Waals surface area (Å²) < 4.78 is 38.6. The number of hydrogen-bond acceptors (Lipinski definition) is 4. The quantitative estimate of drug-likeness (QED) is 0.471. The molecule has 1 heterocycles.